The smallest absolute Gasteiger partial charge is 0.161 e. The Kier molecular flexibility index (Phi) is 2.75. The molecule has 12 heavy (non-hydrogen) atoms. The number of phenols is 1. The summed E-state index contributed by atoms with van der Waals surface area (Å²) in [5.41, 5.74) is 0.323. The third-order valence-corrected chi connectivity index (χ3v) is 2.65. The number of hydrogen-bond acceptors (Lipinski definition) is 2. The number of benzene rings is 1. The molecule has 1 aromatic carbocycles. The second-order valence-corrected chi connectivity index (χ2v) is 3.58. The molecular formula is C8H6BrClO2. The number of halogens is 2. The summed E-state index contributed by atoms with van der Waals surface area (Å²) in [5, 5.41) is 9.46. The van der Waals surface area contributed by atoms with Crippen LogP contribution >= 0.6 is 27.5 Å². The topological polar surface area (TPSA) is 37.3 Å². The predicted octanol–water partition coefficient (Wildman–Crippen LogP) is 3.01. The predicted molar refractivity (Wildman–Crippen MR) is 50.8 cm³/mol. The molecule has 0 spiro atoms. The molecule has 1 rings (SSSR count). The van der Waals surface area contributed by atoms with E-state index < -0.39 is 0 Å². The largest absolute Gasteiger partial charge is 0.508 e. The Morgan fingerprint density at radius 3 is 2.67 bits per heavy atom. The quantitative estimate of drug-likeness (QED) is 0.777. The fourth-order valence-corrected chi connectivity index (χ4v) is 1.52. The van der Waals surface area contributed by atoms with Gasteiger partial charge in [0.25, 0.3) is 0 Å². The summed E-state index contributed by atoms with van der Waals surface area (Å²) in [5.74, 6) is -0.145. The summed E-state index contributed by atoms with van der Waals surface area (Å²) in [6.07, 6.45) is 0. The van der Waals surface area contributed by atoms with Crippen molar-refractivity contribution in [3.63, 3.8) is 0 Å². The number of phenolic OH excluding ortho intramolecular Hbond substituents is 1. The Hall–Kier alpha value is -0.540. The highest BCUT2D eigenvalue weighted by Gasteiger charge is 2.10. The van der Waals surface area contributed by atoms with Gasteiger partial charge >= 0.3 is 0 Å². The average molecular weight is 249 g/mol. The molecule has 0 aliphatic carbocycles. The number of carbonyl (C=O) groups is 1. The van der Waals surface area contributed by atoms with E-state index in [-0.39, 0.29) is 11.5 Å². The van der Waals surface area contributed by atoms with E-state index in [0.717, 1.165) is 0 Å². The summed E-state index contributed by atoms with van der Waals surface area (Å²) in [6.45, 7) is 1.40. The van der Waals surface area contributed by atoms with Gasteiger partial charge in [0.15, 0.2) is 5.78 Å². The number of aromatic hydroxyl groups is 1. The summed E-state index contributed by atoms with van der Waals surface area (Å²) < 4.78 is 0.523. The van der Waals surface area contributed by atoms with Crippen LogP contribution in [0.2, 0.25) is 5.02 Å². The summed E-state index contributed by atoms with van der Waals surface area (Å²) >= 11 is 8.90. The minimum absolute atomic E-state index is 0.0245. The highest BCUT2D eigenvalue weighted by Crippen LogP contribution is 2.30. The number of ketones is 1. The average Bonchev–Trinajstić information content (AvgIpc) is 1.96. The van der Waals surface area contributed by atoms with Crippen LogP contribution in [0.3, 0.4) is 0 Å². The van der Waals surface area contributed by atoms with E-state index in [1.54, 1.807) is 0 Å². The van der Waals surface area contributed by atoms with Gasteiger partial charge in [0.05, 0.1) is 5.02 Å². The molecule has 0 aliphatic heterocycles. The first-order chi connectivity index (χ1) is 5.52. The summed E-state index contributed by atoms with van der Waals surface area (Å²) in [7, 11) is 0. The number of Topliss-reactive ketones (excluding diaryl/α,β-unsaturated/α-hetero) is 1. The first-order valence-electron chi connectivity index (χ1n) is 3.21. The van der Waals surface area contributed by atoms with E-state index in [2.05, 4.69) is 15.9 Å². The molecule has 1 N–H and O–H groups in total. The zero-order chi connectivity index (χ0) is 9.30. The van der Waals surface area contributed by atoms with Crippen molar-refractivity contribution in [1.82, 2.24) is 0 Å². The van der Waals surface area contributed by atoms with E-state index in [1.165, 1.54) is 19.1 Å². The molecule has 0 atom stereocenters. The zero-order valence-corrected chi connectivity index (χ0v) is 8.61. The van der Waals surface area contributed by atoms with Crippen LogP contribution in [0.4, 0.5) is 0 Å². The molecule has 0 unspecified atom stereocenters. The molecule has 0 bridgehead atoms. The maximum absolute atomic E-state index is 11.0. The van der Waals surface area contributed by atoms with E-state index in [4.69, 9.17) is 16.7 Å². The van der Waals surface area contributed by atoms with Gasteiger partial charge in [-0.25, -0.2) is 0 Å². The Labute approximate surface area is 83.3 Å². The lowest BCUT2D eigenvalue weighted by atomic mass is 10.1. The van der Waals surface area contributed by atoms with Crippen molar-refractivity contribution in [2.45, 2.75) is 6.92 Å². The second kappa shape index (κ2) is 3.46. The van der Waals surface area contributed by atoms with Crippen LogP contribution in [0.15, 0.2) is 16.6 Å². The van der Waals surface area contributed by atoms with Gasteiger partial charge in [-0.15, -0.1) is 0 Å². The molecule has 0 aliphatic rings. The molecule has 0 saturated carbocycles. The Balaban J connectivity index is 3.37. The van der Waals surface area contributed by atoms with Gasteiger partial charge < -0.3 is 5.11 Å². The highest BCUT2D eigenvalue weighted by atomic mass is 79.9. The zero-order valence-electron chi connectivity index (χ0n) is 6.27. The van der Waals surface area contributed by atoms with Gasteiger partial charge in [-0.05, 0) is 35.0 Å². The molecule has 0 fully saturated rings. The van der Waals surface area contributed by atoms with E-state index in [0.29, 0.717) is 15.1 Å². The van der Waals surface area contributed by atoms with Crippen molar-refractivity contribution in [1.29, 1.82) is 0 Å². The number of hydrogen-bond donors (Lipinski definition) is 1. The normalized spacial score (nSPS) is 9.92. The van der Waals surface area contributed by atoms with Crippen LogP contribution in [0.25, 0.3) is 0 Å². The Bertz CT molecular complexity index is 336. The highest BCUT2D eigenvalue weighted by molar-refractivity contribution is 9.10. The van der Waals surface area contributed by atoms with Crippen molar-refractivity contribution in [2.24, 2.45) is 0 Å². The maximum Gasteiger partial charge on any atom is 0.161 e. The fourth-order valence-electron chi connectivity index (χ4n) is 0.831. The lowest BCUT2D eigenvalue weighted by molar-refractivity contribution is 0.101. The first-order valence-corrected chi connectivity index (χ1v) is 4.38. The third kappa shape index (κ3) is 1.79. The maximum atomic E-state index is 11.0. The number of rotatable bonds is 1. The molecule has 0 heterocycles. The minimum atomic E-state index is -0.170. The van der Waals surface area contributed by atoms with E-state index in [9.17, 15) is 4.79 Å². The summed E-state index contributed by atoms with van der Waals surface area (Å²) in [4.78, 5) is 11.0. The molecule has 2 nitrogen and oxygen atoms in total. The molecule has 0 saturated heterocycles. The SMILES string of the molecule is CC(=O)c1cc(O)cc(Br)c1Cl. The van der Waals surface area contributed by atoms with Crippen LogP contribution in [-0.2, 0) is 0 Å². The van der Waals surface area contributed by atoms with Gasteiger partial charge in [0.2, 0.25) is 0 Å². The first kappa shape index (κ1) is 9.55. The van der Waals surface area contributed by atoms with Crippen LogP contribution in [-0.4, -0.2) is 10.9 Å². The van der Waals surface area contributed by atoms with Crippen molar-refractivity contribution >= 4 is 33.3 Å². The van der Waals surface area contributed by atoms with Crippen molar-refractivity contribution in [2.75, 3.05) is 0 Å². The monoisotopic (exact) mass is 248 g/mol. The lowest BCUT2D eigenvalue weighted by Crippen LogP contribution is -1.93. The van der Waals surface area contributed by atoms with Gasteiger partial charge in [-0.1, -0.05) is 11.6 Å². The number of carbonyl (C=O) groups excluding carboxylic acids is 1. The standard InChI is InChI=1S/C8H6BrClO2/c1-4(11)6-2-5(12)3-7(9)8(6)10/h2-3,12H,1H3. The van der Waals surface area contributed by atoms with Crippen molar-refractivity contribution in [3.8, 4) is 5.75 Å². The van der Waals surface area contributed by atoms with Gasteiger partial charge in [-0.3, -0.25) is 4.79 Å². The van der Waals surface area contributed by atoms with Crippen LogP contribution in [0.5, 0.6) is 5.75 Å². The van der Waals surface area contributed by atoms with Gasteiger partial charge in [0.1, 0.15) is 5.75 Å². The summed E-state index contributed by atoms with van der Waals surface area (Å²) in [6, 6.07) is 2.78. The van der Waals surface area contributed by atoms with E-state index in [1.807, 2.05) is 0 Å². The van der Waals surface area contributed by atoms with E-state index >= 15 is 0 Å². The molecule has 0 amide bonds. The lowest BCUT2D eigenvalue weighted by Gasteiger charge is -2.02. The second-order valence-electron chi connectivity index (χ2n) is 2.35. The third-order valence-electron chi connectivity index (χ3n) is 1.39. The Morgan fingerprint density at radius 2 is 2.17 bits per heavy atom. The minimum Gasteiger partial charge on any atom is -0.508 e. The van der Waals surface area contributed by atoms with Crippen molar-refractivity contribution in [3.05, 3.63) is 27.2 Å². The molecule has 0 radical (unpaired) electrons. The van der Waals surface area contributed by atoms with Crippen LogP contribution in [0, 0.1) is 0 Å². The molecule has 0 aromatic heterocycles. The molecular weight excluding hydrogens is 243 g/mol. The van der Waals surface area contributed by atoms with Crippen LogP contribution in [0.1, 0.15) is 17.3 Å². The molecule has 1 aromatic rings. The van der Waals surface area contributed by atoms with Gasteiger partial charge in [0, 0.05) is 10.0 Å². The fraction of sp³-hybridized carbons (Fsp3) is 0.125. The van der Waals surface area contributed by atoms with Gasteiger partial charge in [-0.2, -0.15) is 0 Å². The van der Waals surface area contributed by atoms with Crippen molar-refractivity contribution < 1.29 is 9.90 Å². The molecule has 4 heteroatoms. The van der Waals surface area contributed by atoms with Crippen LogP contribution < -0.4 is 0 Å². The molecule has 64 valence electrons. The Morgan fingerprint density at radius 1 is 1.58 bits per heavy atom.